The van der Waals surface area contributed by atoms with Gasteiger partial charge in [0.2, 0.25) is 10.9 Å². The fourth-order valence-corrected chi connectivity index (χ4v) is 6.40. The SMILES string of the molecule is COc1cccc2cc(C(=O)C3=C(O)C(=O)N(c4nnc(SCc5ccccc5F)s4)C3c3ccc(F)cc3)oc12. The largest absolute Gasteiger partial charge is 0.503 e. The van der Waals surface area contributed by atoms with Gasteiger partial charge < -0.3 is 14.3 Å². The number of methoxy groups -OCH3 is 1. The minimum Gasteiger partial charge on any atom is -0.503 e. The van der Waals surface area contributed by atoms with Crippen LogP contribution in [0.2, 0.25) is 0 Å². The Morgan fingerprint density at radius 3 is 2.63 bits per heavy atom. The van der Waals surface area contributed by atoms with Crippen LogP contribution in [0.25, 0.3) is 11.0 Å². The molecule has 0 saturated heterocycles. The number of thioether (sulfide) groups is 1. The number of nitrogens with zero attached hydrogens (tertiary/aromatic N) is 3. The molecule has 1 amide bonds. The van der Waals surface area contributed by atoms with E-state index in [2.05, 4.69) is 10.2 Å². The number of aliphatic hydroxyl groups is 1. The minimum atomic E-state index is -1.15. The van der Waals surface area contributed by atoms with Crippen molar-refractivity contribution < 1.29 is 32.6 Å². The van der Waals surface area contributed by atoms with E-state index in [0.717, 1.165) is 16.2 Å². The van der Waals surface area contributed by atoms with Crippen LogP contribution in [-0.4, -0.2) is 34.1 Å². The third-order valence-corrected chi connectivity index (χ3v) is 8.61. The average molecular weight is 592 g/mol. The Bertz CT molecular complexity index is 1830. The van der Waals surface area contributed by atoms with Crippen molar-refractivity contribution in [3.05, 3.63) is 113 Å². The fraction of sp³-hybridized carbons (Fsp3) is 0.103. The standard InChI is InChI=1S/C29H19F2N3O5S2/c1-38-20-8-4-6-16-13-21(39-26(16)20)24(35)22-23(15-9-11-18(30)12-10-15)34(27(37)25(22)36)28-32-33-29(41-28)40-14-17-5-2-3-7-19(17)31/h2-13,23,36H,14H2,1H3. The van der Waals surface area contributed by atoms with E-state index in [1.54, 1.807) is 36.4 Å². The van der Waals surface area contributed by atoms with Crippen LogP contribution in [0.4, 0.5) is 13.9 Å². The van der Waals surface area contributed by atoms with Crippen LogP contribution in [0.3, 0.4) is 0 Å². The molecule has 1 aliphatic heterocycles. The number of furan rings is 1. The molecule has 8 nitrogen and oxygen atoms in total. The number of hydrogen-bond donors (Lipinski definition) is 1. The smallest absolute Gasteiger partial charge is 0.296 e. The van der Waals surface area contributed by atoms with E-state index in [1.807, 2.05) is 0 Å². The molecule has 1 unspecified atom stereocenters. The molecule has 0 spiro atoms. The van der Waals surface area contributed by atoms with E-state index in [4.69, 9.17) is 9.15 Å². The number of ether oxygens (including phenoxy) is 1. The normalized spacial score (nSPS) is 15.2. The number of hydrogen-bond acceptors (Lipinski definition) is 9. The Labute approximate surface area is 239 Å². The third kappa shape index (κ3) is 4.85. The molecule has 41 heavy (non-hydrogen) atoms. The maximum Gasteiger partial charge on any atom is 0.296 e. The van der Waals surface area contributed by atoms with E-state index in [-0.39, 0.29) is 28.0 Å². The zero-order valence-corrected chi connectivity index (χ0v) is 22.8. The van der Waals surface area contributed by atoms with E-state index in [0.29, 0.717) is 32.2 Å². The van der Waals surface area contributed by atoms with Gasteiger partial charge in [-0.15, -0.1) is 10.2 Å². The van der Waals surface area contributed by atoms with Crippen LogP contribution in [-0.2, 0) is 10.5 Å². The molecule has 12 heteroatoms. The van der Waals surface area contributed by atoms with Gasteiger partial charge in [0, 0.05) is 11.1 Å². The quantitative estimate of drug-likeness (QED) is 0.122. The molecule has 0 saturated carbocycles. The molecule has 3 heterocycles. The van der Waals surface area contributed by atoms with Crippen LogP contribution in [0.1, 0.15) is 27.7 Å². The number of carbonyl (C=O) groups is 2. The zero-order chi connectivity index (χ0) is 28.7. The van der Waals surface area contributed by atoms with Crippen molar-refractivity contribution in [1.29, 1.82) is 0 Å². The molecular weight excluding hydrogens is 572 g/mol. The Kier molecular flexibility index (Phi) is 7.01. The Hall–Kier alpha value is -4.55. The van der Waals surface area contributed by atoms with Gasteiger partial charge in [0.25, 0.3) is 5.91 Å². The van der Waals surface area contributed by atoms with Gasteiger partial charge in [-0.2, -0.15) is 0 Å². The van der Waals surface area contributed by atoms with E-state index in [9.17, 15) is 23.5 Å². The van der Waals surface area contributed by atoms with Gasteiger partial charge in [0.15, 0.2) is 27.2 Å². The van der Waals surface area contributed by atoms with E-state index >= 15 is 0 Å². The molecule has 0 fully saturated rings. The van der Waals surface area contributed by atoms with Crippen molar-refractivity contribution in [3.63, 3.8) is 0 Å². The molecule has 0 radical (unpaired) electrons. The van der Waals surface area contributed by atoms with Gasteiger partial charge in [0.05, 0.1) is 18.7 Å². The van der Waals surface area contributed by atoms with Gasteiger partial charge in [-0.3, -0.25) is 14.5 Å². The highest BCUT2D eigenvalue weighted by molar-refractivity contribution is 8.00. The summed E-state index contributed by atoms with van der Waals surface area (Å²) in [5, 5.41) is 19.9. The first-order valence-electron chi connectivity index (χ1n) is 12.2. The summed E-state index contributed by atoms with van der Waals surface area (Å²) in [6.45, 7) is 0. The van der Waals surface area contributed by atoms with Crippen molar-refractivity contribution >= 4 is 50.9 Å². The topological polar surface area (TPSA) is 106 Å². The summed E-state index contributed by atoms with van der Waals surface area (Å²) in [7, 11) is 1.47. The first kappa shape index (κ1) is 26.7. The third-order valence-electron chi connectivity index (χ3n) is 6.50. The number of aromatic nitrogens is 2. The summed E-state index contributed by atoms with van der Waals surface area (Å²) >= 11 is 2.27. The predicted octanol–water partition coefficient (Wildman–Crippen LogP) is 6.65. The summed E-state index contributed by atoms with van der Waals surface area (Å²) in [5.74, 6) is -2.69. The lowest BCUT2D eigenvalue weighted by Crippen LogP contribution is -2.31. The molecule has 1 aliphatic rings. The molecule has 5 aromatic rings. The fourth-order valence-electron chi connectivity index (χ4n) is 4.55. The highest BCUT2D eigenvalue weighted by Gasteiger charge is 2.47. The summed E-state index contributed by atoms with van der Waals surface area (Å²) in [6.07, 6.45) is 0. The van der Waals surface area contributed by atoms with Gasteiger partial charge in [-0.25, -0.2) is 8.78 Å². The highest BCUT2D eigenvalue weighted by Crippen LogP contribution is 2.44. The Morgan fingerprint density at radius 2 is 1.88 bits per heavy atom. The van der Waals surface area contributed by atoms with Crippen LogP contribution < -0.4 is 9.64 Å². The van der Waals surface area contributed by atoms with Crippen LogP contribution in [0, 0.1) is 11.6 Å². The number of aliphatic hydroxyl groups excluding tert-OH is 1. The molecule has 206 valence electrons. The monoisotopic (exact) mass is 591 g/mol. The van der Waals surface area contributed by atoms with Crippen molar-refractivity contribution in [2.24, 2.45) is 0 Å². The first-order chi connectivity index (χ1) is 19.9. The first-order valence-corrected chi connectivity index (χ1v) is 14.0. The summed E-state index contributed by atoms with van der Waals surface area (Å²) in [6, 6.07) is 17.1. The minimum absolute atomic E-state index is 0.0981. The number of halogens is 2. The maximum atomic E-state index is 14.1. The second-order valence-electron chi connectivity index (χ2n) is 8.94. The van der Waals surface area contributed by atoms with Crippen LogP contribution >= 0.6 is 23.1 Å². The van der Waals surface area contributed by atoms with Gasteiger partial charge >= 0.3 is 0 Å². The maximum absolute atomic E-state index is 14.1. The molecule has 0 aliphatic carbocycles. The molecular formula is C29H19F2N3O5S2. The predicted molar refractivity (Wildman–Crippen MR) is 149 cm³/mol. The second-order valence-corrected chi connectivity index (χ2v) is 11.1. The number of amides is 1. The lowest BCUT2D eigenvalue weighted by molar-refractivity contribution is -0.117. The van der Waals surface area contributed by atoms with Crippen LogP contribution in [0.5, 0.6) is 5.75 Å². The number of Topliss-reactive ketones (excluding diaryl/α,β-unsaturated/α-hetero) is 1. The number of carbonyl (C=O) groups excluding carboxylic acids is 2. The molecule has 1 atom stereocenters. The molecule has 0 bridgehead atoms. The number of ketones is 1. The Morgan fingerprint density at radius 1 is 1.10 bits per heavy atom. The summed E-state index contributed by atoms with van der Waals surface area (Å²) in [4.78, 5) is 28.4. The second kappa shape index (κ2) is 10.8. The summed E-state index contributed by atoms with van der Waals surface area (Å²) in [5.41, 5.74) is 0.913. The molecule has 3 aromatic carbocycles. The number of para-hydroxylation sites is 1. The van der Waals surface area contributed by atoms with Crippen LogP contribution in [0.15, 0.2) is 92.9 Å². The average Bonchev–Trinajstić information content (AvgIpc) is 3.69. The number of benzene rings is 3. The van der Waals surface area contributed by atoms with E-state index in [1.165, 1.54) is 55.3 Å². The highest BCUT2D eigenvalue weighted by atomic mass is 32.2. The molecule has 2 aromatic heterocycles. The van der Waals surface area contributed by atoms with Gasteiger partial charge in [0.1, 0.15) is 11.6 Å². The molecule has 1 N–H and O–H groups in total. The lowest BCUT2D eigenvalue weighted by atomic mass is 9.95. The number of fused-ring (bicyclic) bond motifs is 1. The van der Waals surface area contributed by atoms with Crippen molar-refractivity contribution in [2.75, 3.05) is 12.0 Å². The van der Waals surface area contributed by atoms with E-state index < -0.39 is 29.3 Å². The summed E-state index contributed by atoms with van der Waals surface area (Å²) < 4.78 is 39.5. The van der Waals surface area contributed by atoms with Crippen molar-refractivity contribution in [1.82, 2.24) is 10.2 Å². The molecule has 6 rings (SSSR count). The van der Waals surface area contributed by atoms with Crippen molar-refractivity contribution in [2.45, 2.75) is 16.1 Å². The number of rotatable bonds is 8. The van der Waals surface area contributed by atoms with Gasteiger partial charge in [-0.05, 0) is 41.5 Å². The lowest BCUT2D eigenvalue weighted by Gasteiger charge is -2.23. The Balaban J connectivity index is 1.37. The van der Waals surface area contributed by atoms with Crippen molar-refractivity contribution in [3.8, 4) is 5.75 Å². The zero-order valence-electron chi connectivity index (χ0n) is 21.2. The number of anilines is 1. The van der Waals surface area contributed by atoms with Gasteiger partial charge in [-0.1, -0.05) is 65.6 Å².